The van der Waals surface area contributed by atoms with Crippen LogP contribution in [0.25, 0.3) is 0 Å². The molecule has 0 bridgehead atoms. The van der Waals surface area contributed by atoms with E-state index in [0.717, 1.165) is 6.42 Å². The van der Waals surface area contributed by atoms with E-state index in [1.54, 1.807) is 0 Å². The first-order chi connectivity index (χ1) is 5.16. The Bertz CT molecular complexity index is 121. The van der Waals surface area contributed by atoms with Crippen molar-refractivity contribution in [3.63, 3.8) is 0 Å². The van der Waals surface area contributed by atoms with Gasteiger partial charge in [0.05, 0.1) is 13.2 Å². The molecule has 3 nitrogen and oxygen atoms in total. The molecule has 0 aromatic carbocycles. The lowest BCUT2D eigenvalue weighted by atomic mass is 10.0. The van der Waals surface area contributed by atoms with E-state index in [-0.39, 0.29) is 5.79 Å². The Morgan fingerprint density at radius 2 is 2.00 bits per heavy atom. The van der Waals surface area contributed by atoms with E-state index in [9.17, 15) is 0 Å². The summed E-state index contributed by atoms with van der Waals surface area (Å²) in [7, 11) is 0. The van der Waals surface area contributed by atoms with Gasteiger partial charge in [-0.15, -0.1) is 0 Å². The van der Waals surface area contributed by atoms with Crippen LogP contribution in [0.1, 0.15) is 20.3 Å². The minimum Gasteiger partial charge on any atom is -0.348 e. The number of nitrogens with two attached hydrogens (primary N) is 1. The van der Waals surface area contributed by atoms with Crippen LogP contribution in [0, 0.1) is 5.92 Å². The molecule has 0 saturated carbocycles. The third-order valence-electron chi connectivity index (χ3n) is 2.02. The highest BCUT2D eigenvalue weighted by atomic mass is 16.7. The van der Waals surface area contributed by atoms with Crippen molar-refractivity contribution in [2.75, 3.05) is 19.8 Å². The van der Waals surface area contributed by atoms with Gasteiger partial charge in [0, 0.05) is 6.42 Å². The van der Waals surface area contributed by atoms with Crippen molar-refractivity contribution >= 4 is 0 Å². The molecule has 1 aliphatic heterocycles. The van der Waals surface area contributed by atoms with Crippen LogP contribution in [0.2, 0.25) is 0 Å². The molecular weight excluding hydrogens is 142 g/mol. The van der Waals surface area contributed by atoms with E-state index in [1.165, 1.54) is 0 Å². The van der Waals surface area contributed by atoms with E-state index in [1.807, 2.05) is 6.92 Å². The third kappa shape index (κ3) is 2.43. The molecule has 1 heterocycles. The van der Waals surface area contributed by atoms with E-state index in [4.69, 9.17) is 15.2 Å². The van der Waals surface area contributed by atoms with Crippen LogP contribution in [0.4, 0.5) is 0 Å². The molecule has 1 rings (SSSR count). The summed E-state index contributed by atoms with van der Waals surface area (Å²) >= 11 is 0. The highest BCUT2D eigenvalue weighted by Crippen LogP contribution is 2.25. The first kappa shape index (κ1) is 8.97. The largest absolute Gasteiger partial charge is 0.348 e. The first-order valence-corrected chi connectivity index (χ1v) is 4.14. The van der Waals surface area contributed by atoms with Crippen molar-refractivity contribution in [3.05, 3.63) is 0 Å². The summed E-state index contributed by atoms with van der Waals surface area (Å²) in [6.45, 7) is 6.21. The summed E-state index contributed by atoms with van der Waals surface area (Å²) in [5, 5.41) is 0. The standard InChI is InChI=1S/C8H17NO2/c1-7(6-9)5-8(2)10-3-4-11-8/h7H,3-6,9H2,1-2H3. The van der Waals surface area contributed by atoms with Crippen molar-refractivity contribution in [2.45, 2.75) is 26.1 Å². The highest BCUT2D eigenvalue weighted by Gasteiger charge is 2.31. The molecule has 2 N–H and O–H groups in total. The molecule has 0 aliphatic carbocycles. The van der Waals surface area contributed by atoms with Crippen molar-refractivity contribution < 1.29 is 9.47 Å². The molecule has 1 aliphatic rings. The van der Waals surface area contributed by atoms with Gasteiger partial charge in [-0.25, -0.2) is 0 Å². The minimum atomic E-state index is -0.362. The van der Waals surface area contributed by atoms with Gasteiger partial charge < -0.3 is 15.2 Å². The van der Waals surface area contributed by atoms with Gasteiger partial charge in [0.15, 0.2) is 5.79 Å². The third-order valence-corrected chi connectivity index (χ3v) is 2.02. The first-order valence-electron chi connectivity index (χ1n) is 4.14. The summed E-state index contributed by atoms with van der Waals surface area (Å²) in [5.41, 5.74) is 5.50. The molecule has 0 amide bonds. The minimum absolute atomic E-state index is 0.362. The van der Waals surface area contributed by atoms with Gasteiger partial charge in [-0.2, -0.15) is 0 Å². The normalized spacial score (nSPS) is 25.4. The van der Waals surface area contributed by atoms with Crippen LogP contribution in [-0.4, -0.2) is 25.5 Å². The quantitative estimate of drug-likeness (QED) is 0.660. The molecule has 0 spiro atoms. The van der Waals surface area contributed by atoms with Crippen LogP contribution in [0.15, 0.2) is 0 Å². The van der Waals surface area contributed by atoms with Crippen LogP contribution in [-0.2, 0) is 9.47 Å². The zero-order valence-electron chi connectivity index (χ0n) is 7.30. The maximum Gasteiger partial charge on any atom is 0.166 e. The molecule has 1 atom stereocenters. The maximum atomic E-state index is 5.50. The Morgan fingerprint density at radius 1 is 1.45 bits per heavy atom. The molecule has 0 aromatic rings. The monoisotopic (exact) mass is 159 g/mol. The van der Waals surface area contributed by atoms with Gasteiger partial charge in [-0.1, -0.05) is 6.92 Å². The fraction of sp³-hybridized carbons (Fsp3) is 1.00. The Kier molecular flexibility index (Phi) is 2.87. The van der Waals surface area contributed by atoms with Gasteiger partial charge in [0.2, 0.25) is 0 Å². The van der Waals surface area contributed by atoms with Crippen LogP contribution in [0.5, 0.6) is 0 Å². The van der Waals surface area contributed by atoms with Gasteiger partial charge in [-0.3, -0.25) is 0 Å². The second-order valence-electron chi connectivity index (χ2n) is 3.38. The van der Waals surface area contributed by atoms with Crippen LogP contribution < -0.4 is 5.73 Å². The number of ether oxygens (including phenoxy) is 2. The lowest BCUT2D eigenvalue weighted by Gasteiger charge is -2.24. The molecular formula is C8H17NO2. The van der Waals surface area contributed by atoms with E-state index in [0.29, 0.717) is 25.7 Å². The lowest BCUT2D eigenvalue weighted by Crippen LogP contribution is -2.30. The number of hydrogen-bond donors (Lipinski definition) is 1. The Morgan fingerprint density at radius 3 is 2.45 bits per heavy atom. The molecule has 1 unspecified atom stereocenters. The SMILES string of the molecule is CC(CN)CC1(C)OCCO1. The number of hydrogen-bond acceptors (Lipinski definition) is 3. The fourth-order valence-electron chi connectivity index (χ4n) is 1.39. The fourth-order valence-corrected chi connectivity index (χ4v) is 1.39. The van der Waals surface area contributed by atoms with Crippen molar-refractivity contribution in [2.24, 2.45) is 11.7 Å². The molecule has 66 valence electrons. The Hall–Kier alpha value is -0.120. The highest BCUT2D eigenvalue weighted by molar-refractivity contribution is 4.71. The molecule has 3 heteroatoms. The zero-order chi connectivity index (χ0) is 8.32. The predicted molar refractivity (Wildman–Crippen MR) is 43.1 cm³/mol. The summed E-state index contributed by atoms with van der Waals surface area (Å²) in [6, 6.07) is 0. The van der Waals surface area contributed by atoms with Crippen molar-refractivity contribution in [3.8, 4) is 0 Å². The van der Waals surface area contributed by atoms with Crippen molar-refractivity contribution in [1.29, 1.82) is 0 Å². The number of rotatable bonds is 3. The molecule has 0 radical (unpaired) electrons. The summed E-state index contributed by atoms with van der Waals surface area (Å²) in [4.78, 5) is 0. The van der Waals surface area contributed by atoms with Gasteiger partial charge in [-0.05, 0) is 19.4 Å². The topological polar surface area (TPSA) is 44.5 Å². The van der Waals surface area contributed by atoms with Crippen LogP contribution in [0.3, 0.4) is 0 Å². The van der Waals surface area contributed by atoms with Crippen molar-refractivity contribution in [1.82, 2.24) is 0 Å². The Labute approximate surface area is 67.9 Å². The average molecular weight is 159 g/mol. The van der Waals surface area contributed by atoms with Gasteiger partial charge in [0.1, 0.15) is 0 Å². The second-order valence-corrected chi connectivity index (χ2v) is 3.38. The molecule has 11 heavy (non-hydrogen) atoms. The van der Waals surface area contributed by atoms with E-state index >= 15 is 0 Å². The lowest BCUT2D eigenvalue weighted by molar-refractivity contribution is -0.153. The molecule has 1 saturated heterocycles. The maximum absolute atomic E-state index is 5.50. The smallest absolute Gasteiger partial charge is 0.166 e. The summed E-state index contributed by atoms with van der Waals surface area (Å²) in [5.74, 6) is 0.108. The average Bonchev–Trinajstić information content (AvgIpc) is 2.36. The molecule has 1 fully saturated rings. The summed E-state index contributed by atoms with van der Waals surface area (Å²) < 4.78 is 10.9. The second kappa shape index (κ2) is 3.52. The zero-order valence-corrected chi connectivity index (χ0v) is 7.30. The Balaban J connectivity index is 2.33. The van der Waals surface area contributed by atoms with Crippen LogP contribution >= 0.6 is 0 Å². The van der Waals surface area contributed by atoms with Gasteiger partial charge >= 0.3 is 0 Å². The molecule has 0 aromatic heterocycles. The van der Waals surface area contributed by atoms with E-state index in [2.05, 4.69) is 6.92 Å². The predicted octanol–water partition coefficient (Wildman–Crippen LogP) is 0.734. The van der Waals surface area contributed by atoms with E-state index < -0.39 is 0 Å². The summed E-state index contributed by atoms with van der Waals surface area (Å²) in [6.07, 6.45) is 0.892. The van der Waals surface area contributed by atoms with Gasteiger partial charge in [0.25, 0.3) is 0 Å².